The van der Waals surface area contributed by atoms with E-state index in [9.17, 15) is 24.3 Å². The molecule has 1 aliphatic rings. The lowest BCUT2D eigenvalue weighted by molar-refractivity contribution is -0.146. The van der Waals surface area contributed by atoms with Crippen molar-refractivity contribution in [3.05, 3.63) is 209 Å². The van der Waals surface area contributed by atoms with E-state index in [1.807, 2.05) is 119 Å². The SMILES string of the molecule is CC[C@H](C)C(NC(=O)[C@H](Cc1ccccc1)N(C)C(=O)C(Cc1c[nH]c2ccccc12)NC(=O)[C@H](Cc1ccccc1)N(C)C(=O)[C@H](Cc1c[nH]c2ccccc12)NC(=O)[C@@H](Cc1ccc(OC(C)(C)C)cc1)NC(=O)C(Cc1cccc(Cl)c1)NC)C(=O)N[C@@H](CC(=O)O)C(=O)N1CCCCC1. The second-order valence-corrected chi connectivity index (χ2v) is 28.2. The molecule has 1 fully saturated rings. The second-order valence-electron chi connectivity index (χ2n) is 27.8. The number of benzene rings is 6. The van der Waals surface area contributed by atoms with Crippen molar-refractivity contribution < 1.29 is 53.0 Å². The van der Waals surface area contributed by atoms with Gasteiger partial charge in [0.15, 0.2) is 0 Å². The van der Waals surface area contributed by atoms with Gasteiger partial charge < -0.3 is 66.4 Å². The molecule has 8 aromatic rings. The lowest BCUT2D eigenvalue weighted by atomic mass is 9.95. The molecule has 544 valence electrons. The summed E-state index contributed by atoms with van der Waals surface area (Å²) < 4.78 is 6.12. The van der Waals surface area contributed by atoms with Gasteiger partial charge in [-0.3, -0.25) is 43.2 Å². The minimum atomic E-state index is -1.43. The van der Waals surface area contributed by atoms with Crippen molar-refractivity contribution in [2.24, 2.45) is 5.92 Å². The summed E-state index contributed by atoms with van der Waals surface area (Å²) in [6.45, 7) is 10.2. The van der Waals surface area contributed by atoms with Gasteiger partial charge in [0, 0.05) is 98.5 Å². The van der Waals surface area contributed by atoms with Gasteiger partial charge in [0.1, 0.15) is 53.6 Å². The predicted molar refractivity (Wildman–Crippen MR) is 398 cm³/mol. The number of fused-ring (bicyclic) bond motifs is 2. The molecule has 3 unspecified atom stereocenters. The molecule has 9 N–H and O–H groups in total. The minimum absolute atomic E-state index is 0.0120. The maximum atomic E-state index is 16.0. The number of aromatic amines is 2. The van der Waals surface area contributed by atoms with Crippen LogP contribution in [0, 0.1) is 5.92 Å². The second kappa shape index (κ2) is 36.0. The molecule has 0 spiro atoms. The number of likely N-dealkylation sites (tertiary alicyclic amines) is 1. The topological polar surface area (TPSA) is 297 Å². The first-order chi connectivity index (χ1) is 49.4. The van der Waals surface area contributed by atoms with Crippen molar-refractivity contribution in [1.29, 1.82) is 0 Å². The number of halogens is 1. The van der Waals surface area contributed by atoms with Gasteiger partial charge in [-0.25, -0.2) is 0 Å². The number of nitrogens with zero attached hydrogens (tertiary/aromatic N) is 3. The van der Waals surface area contributed by atoms with E-state index in [-0.39, 0.29) is 38.5 Å². The molecule has 2 aromatic heterocycles. The van der Waals surface area contributed by atoms with Crippen LogP contribution in [-0.2, 0) is 81.7 Å². The molecular weight excluding hydrogens is 1330 g/mol. The fourth-order valence-corrected chi connectivity index (χ4v) is 13.4. The molecule has 9 atom stereocenters. The number of aliphatic carboxylic acids is 1. The molecule has 0 bridgehead atoms. The lowest BCUT2D eigenvalue weighted by Gasteiger charge is -2.35. The highest BCUT2D eigenvalue weighted by Crippen LogP contribution is 2.26. The third-order valence-corrected chi connectivity index (χ3v) is 19.3. The number of amides is 8. The lowest BCUT2D eigenvalue weighted by Crippen LogP contribution is -2.62. The van der Waals surface area contributed by atoms with Gasteiger partial charge in [-0.2, -0.15) is 0 Å². The van der Waals surface area contributed by atoms with Crippen LogP contribution in [0.1, 0.15) is 100 Å². The molecule has 0 aliphatic carbocycles. The number of carboxylic acid groups (broad SMARTS) is 1. The van der Waals surface area contributed by atoms with Gasteiger partial charge in [0.2, 0.25) is 47.3 Å². The first-order valence-corrected chi connectivity index (χ1v) is 35.7. The number of piperidine rings is 1. The molecular formula is C80H96ClN11O11. The summed E-state index contributed by atoms with van der Waals surface area (Å²) in [7, 11) is 4.56. The van der Waals surface area contributed by atoms with E-state index in [0.717, 1.165) is 46.6 Å². The number of carboxylic acids is 1. The number of para-hydroxylation sites is 2. The molecule has 0 radical (unpaired) electrons. The number of hydrogen-bond donors (Lipinski definition) is 9. The van der Waals surface area contributed by atoms with Gasteiger partial charge in [-0.1, -0.05) is 153 Å². The largest absolute Gasteiger partial charge is 0.488 e. The first-order valence-electron chi connectivity index (χ1n) is 35.3. The molecule has 0 saturated carbocycles. The monoisotopic (exact) mass is 1420 g/mol. The number of nitrogens with one attached hydrogen (secondary N) is 8. The summed E-state index contributed by atoms with van der Waals surface area (Å²) in [4.78, 5) is 144. The molecule has 22 nitrogen and oxygen atoms in total. The van der Waals surface area contributed by atoms with Crippen LogP contribution in [0.4, 0.5) is 0 Å². The van der Waals surface area contributed by atoms with Crippen LogP contribution < -0.4 is 36.6 Å². The average molecular weight is 1420 g/mol. The number of hydrogen-bond acceptors (Lipinski definition) is 11. The number of aromatic nitrogens is 2. The van der Waals surface area contributed by atoms with E-state index in [4.69, 9.17) is 16.3 Å². The Labute approximate surface area is 606 Å². The van der Waals surface area contributed by atoms with Crippen molar-refractivity contribution in [3.8, 4) is 5.75 Å². The Bertz CT molecular complexity index is 4230. The predicted octanol–water partition coefficient (Wildman–Crippen LogP) is 8.44. The highest BCUT2D eigenvalue weighted by molar-refractivity contribution is 6.30. The molecule has 1 saturated heterocycles. The van der Waals surface area contributed by atoms with Gasteiger partial charge in [-0.05, 0) is 129 Å². The quantitative estimate of drug-likeness (QED) is 0.0187. The van der Waals surface area contributed by atoms with Crippen LogP contribution in [-0.4, -0.2) is 171 Å². The Kier molecular flexibility index (Phi) is 26.9. The number of carbonyl (C=O) groups is 9. The van der Waals surface area contributed by atoms with E-state index in [0.29, 0.717) is 58.1 Å². The van der Waals surface area contributed by atoms with Crippen molar-refractivity contribution in [2.75, 3.05) is 34.2 Å². The fourth-order valence-electron chi connectivity index (χ4n) is 13.2. The zero-order valence-corrected chi connectivity index (χ0v) is 60.6. The van der Waals surface area contributed by atoms with Gasteiger partial charge in [-0.15, -0.1) is 0 Å². The van der Waals surface area contributed by atoms with E-state index in [1.54, 1.807) is 98.0 Å². The average Bonchev–Trinajstić information content (AvgIpc) is 1.77. The smallest absolute Gasteiger partial charge is 0.305 e. The highest BCUT2D eigenvalue weighted by Gasteiger charge is 2.41. The summed E-state index contributed by atoms with van der Waals surface area (Å²) in [5, 5.41) is 29.8. The molecule has 23 heteroatoms. The van der Waals surface area contributed by atoms with Crippen LogP contribution in [0.5, 0.6) is 5.75 Å². The Morgan fingerprint density at radius 1 is 0.524 bits per heavy atom. The number of rotatable bonds is 33. The van der Waals surface area contributed by atoms with Crippen LogP contribution in [0.15, 0.2) is 170 Å². The third-order valence-electron chi connectivity index (χ3n) is 19.1. The van der Waals surface area contributed by atoms with E-state index >= 15 is 24.0 Å². The van der Waals surface area contributed by atoms with Crippen LogP contribution in [0.25, 0.3) is 21.8 Å². The van der Waals surface area contributed by atoms with Crippen LogP contribution in [0.2, 0.25) is 5.02 Å². The normalized spacial score (nSPS) is 15.0. The maximum Gasteiger partial charge on any atom is 0.305 e. The summed E-state index contributed by atoms with van der Waals surface area (Å²) in [5.74, 6) is -6.63. The van der Waals surface area contributed by atoms with E-state index in [1.165, 1.54) is 23.9 Å². The number of ether oxygens (including phenoxy) is 1. The van der Waals surface area contributed by atoms with Crippen LogP contribution in [0.3, 0.4) is 0 Å². The Morgan fingerprint density at radius 3 is 1.49 bits per heavy atom. The molecule has 103 heavy (non-hydrogen) atoms. The third kappa shape index (κ3) is 21.2. The van der Waals surface area contributed by atoms with Gasteiger partial charge in [0.05, 0.1) is 12.5 Å². The number of H-pyrrole nitrogens is 2. The zero-order valence-electron chi connectivity index (χ0n) is 59.8. The molecule has 8 amide bonds. The van der Waals surface area contributed by atoms with Crippen molar-refractivity contribution in [2.45, 2.75) is 159 Å². The minimum Gasteiger partial charge on any atom is -0.488 e. The fraction of sp³-hybridized carbons (Fsp3) is 0.388. The summed E-state index contributed by atoms with van der Waals surface area (Å²) in [6.07, 6.45) is 5.45. The van der Waals surface area contributed by atoms with Gasteiger partial charge in [0.25, 0.3) is 0 Å². The Hall–Kier alpha value is -10.3. The van der Waals surface area contributed by atoms with E-state index < -0.39 is 120 Å². The Morgan fingerprint density at radius 2 is 0.981 bits per heavy atom. The number of likely N-dealkylation sites (N-methyl/N-ethyl adjacent to an activating group) is 3. The van der Waals surface area contributed by atoms with Crippen molar-refractivity contribution >= 4 is 86.6 Å². The van der Waals surface area contributed by atoms with Crippen molar-refractivity contribution in [3.63, 3.8) is 0 Å². The number of carbonyl (C=O) groups excluding carboxylic acids is 8. The Balaban J connectivity index is 1.06. The first kappa shape index (κ1) is 76.9. The molecule has 1 aliphatic heterocycles. The van der Waals surface area contributed by atoms with Crippen molar-refractivity contribution in [1.82, 2.24) is 56.6 Å². The summed E-state index contributed by atoms with van der Waals surface area (Å²) in [6, 6.07) is 37.0. The summed E-state index contributed by atoms with van der Waals surface area (Å²) >= 11 is 6.38. The standard InChI is InChI=1S/C80H96ClN11O11/c1-9-50(2)71(76(99)88-67(47-70(93)94)79(102)92-38-21-12-22-39-92)89-75(98)69(44-52-26-15-11-16-27-52)91(8)78(101)66(46-56-49-84-62-33-20-18-31-60(56)62)87-74(97)68(43-51-24-13-10-14-25-51)90(7)77(100)65(45-55-48-83-61-32-19-17-30-59(55)61)86-73(96)64(41-53-34-36-58(37-35-53)103-80(3,4)5)85-72(95)63(82-6)42-54-28-23-29-57(81)40-54/h10-11,13-20,23-37,40,48-50,63-69,71,82-84H,9,12,21-22,38-39,41-47H2,1-8H3,(H,85,95)(H,86,96)(H,87,97)(H,88,99)(H,89,98)(H,93,94)/t50-,63?,64+,65-,66?,67-,68-,69-,71?/m0/s1. The van der Waals surface area contributed by atoms with Gasteiger partial charge >= 0.3 is 5.97 Å². The molecule has 3 heterocycles. The maximum absolute atomic E-state index is 16.0. The zero-order chi connectivity index (χ0) is 73.9. The molecule has 9 rings (SSSR count). The summed E-state index contributed by atoms with van der Waals surface area (Å²) in [5.41, 5.74) is 5.09. The van der Waals surface area contributed by atoms with Crippen LogP contribution >= 0.6 is 11.6 Å². The highest BCUT2D eigenvalue weighted by atomic mass is 35.5. The molecule has 6 aromatic carbocycles. The van der Waals surface area contributed by atoms with E-state index in [2.05, 4.69) is 41.9 Å².